The molecule has 1 amide bonds. The van der Waals surface area contributed by atoms with Crippen molar-refractivity contribution in [1.82, 2.24) is 14.7 Å². The summed E-state index contributed by atoms with van der Waals surface area (Å²) in [5.41, 5.74) is 6.10. The number of nitrogens with zero attached hydrogens (tertiary/aromatic N) is 4. The van der Waals surface area contributed by atoms with E-state index in [0.29, 0.717) is 25.3 Å². The van der Waals surface area contributed by atoms with E-state index in [1.165, 1.54) is 17.5 Å². The van der Waals surface area contributed by atoms with Gasteiger partial charge >= 0.3 is 0 Å². The largest absolute Gasteiger partial charge is 0.341 e. The molecule has 2 heterocycles. The van der Waals surface area contributed by atoms with Crippen molar-refractivity contribution < 1.29 is 4.79 Å². The van der Waals surface area contributed by atoms with E-state index in [-0.39, 0.29) is 11.3 Å². The molecule has 2 atom stereocenters. The summed E-state index contributed by atoms with van der Waals surface area (Å²) < 4.78 is 1.90. The average Bonchev–Trinajstić information content (AvgIpc) is 3.13. The van der Waals surface area contributed by atoms with Gasteiger partial charge in [0.15, 0.2) is 0 Å². The fraction of sp³-hybridized carbons (Fsp3) is 0.522. The molecular weight excluding hydrogens is 348 g/mol. The van der Waals surface area contributed by atoms with Crippen molar-refractivity contribution in [3.05, 3.63) is 52.3 Å². The smallest absolute Gasteiger partial charge is 0.222 e. The summed E-state index contributed by atoms with van der Waals surface area (Å²) in [7, 11) is 0. The molecule has 2 fully saturated rings. The van der Waals surface area contributed by atoms with E-state index in [4.69, 9.17) is 5.26 Å². The molecule has 4 rings (SSSR count). The standard InChI is InChI=1S/C23H28N4O/c1-16-5-7-19(8-6-16)23-13-20(23)14-26(15-23)22(28)10-9-21-17(2)25-27(18(21)3)12-4-11-24/h5-8,20H,4,9-10,12-15H2,1-3H3/t20-,23+/m0/s1. The van der Waals surface area contributed by atoms with Crippen molar-refractivity contribution in [3.8, 4) is 6.07 Å². The second-order valence-corrected chi connectivity index (χ2v) is 8.48. The Morgan fingerprint density at radius 3 is 2.75 bits per heavy atom. The number of nitriles is 1. The molecule has 0 bridgehead atoms. The van der Waals surface area contributed by atoms with Crippen LogP contribution < -0.4 is 0 Å². The van der Waals surface area contributed by atoms with Crippen molar-refractivity contribution in [2.45, 2.75) is 58.4 Å². The van der Waals surface area contributed by atoms with Gasteiger partial charge in [-0.25, -0.2) is 0 Å². The van der Waals surface area contributed by atoms with E-state index >= 15 is 0 Å². The molecule has 0 N–H and O–H groups in total. The maximum absolute atomic E-state index is 12.9. The monoisotopic (exact) mass is 376 g/mol. The van der Waals surface area contributed by atoms with Crippen LogP contribution in [0.4, 0.5) is 0 Å². The maximum Gasteiger partial charge on any atom is 0.222 e. The topological polar surface area (TPSA) is 61.9 Å². The van der Waals surface area contributed by atoms with Gasteiger partial charge in [0.2, 0.25) is 5.91 Å². The van der Waals surface area contributed by atoms with Crippen molar-refractivity contribution in [2.75, 3.05) is 13.1 Å². The summed E-state index contributed by atoms with van der Waals surface area (Å²) >= 11 is 0. The molecule has 28 heavy (non-hydrogen) atoms. The van der Waals surface area contributed by atoms with Crippen LogP contribution in [0.15, 0.2) is 24.3 Å². The highest BCUT2D eigenvalue weighted by Gasteiger charge is 2.61. The fourth-order valence-corrected chi connectivity index (χ4v) is 4.86. The number of aryl methyl sites for hydroxylation is 3. The maximum atomic E-state index is 12.9. The van der Waals surface area contributed by atoms with E-state index in [0.717, 1.165) is 36.5 Å². The van der Waals surface area contributed by atoms with Crippen molar-refractivity contribution >= 4 is 5.91 Å². The number of carbonyl (C=O) groups excluding carboxylic acids is 1. The minimum absolute atomic E-state index is 0.206. The molecule has 2 aliphatic rings. The second-order valence-electron chi connectivity index (χ2n) is 8.48. The number of carbonyl (C=O) groups is 1. The van der Waals surface area contributed by atoms with Gasteiger partial charge in [0.05, 0.1) is 24.7 Å². The molecule has 1 aromatic heterocycles. The van der Waals surface area contributed by atoms with Gasteiger partial charge < -0.3 is 4.90 Å². The van der Waals surface area contributed by atoms with Crippen LogP contribution in [0.25, 0.3) is 0 Å². The Bertz CT molecular complexity index is 937. The van der Waals surface area contributed by atoms with E-state index in [2.05, 4.69) is 47.3 Å². The molecular formula is C23H28N4O. The normalized spacial score (nSPS) is 22.8. The van der Waals surface area contributed by atoms with Gasteiger partial charge in [0.25, 0.3) is 0 Å². The predicted octanol–water partition coefficient (Wildman–Crippen LogP) is 3.45. The van der Waals surface area contributed by atoms with Crippen LogP contribution in [0.1, 0.15) is 47.3 Å². The summed E-state index contributed by atoms with van der Waals surface area (Å²) in [5.74, 6) is 0.874. The van der Waals surface area contributed by atoms with E-state index in [1.54, 1.807) is 0 Å². The van der Waals surface area contributed by atoms with E-state index in [1.807, 2.05) is 18.5 Å². The molecule has 0 spiro atoms. The zero-order valence-electron chi connectivity index (χ0n) is 17.0. The number of hydrogen-bond donors (Lipinski definition) is 0. The number of likely N-dealkylation sites (tertiary alicyclic amines) is 1. The van der Waals surface area contributed by atoms with Crippen molar-refractivity contribution in [3.63, 3.8) is 0 Å². The van der Waals surface area contributed by atoms with E-state index in [9.17, 15) is 4.79 Å². The second kappa shape index (κ2) is 7.09. The Labute approximate surface area is 167 Å². The summed E-state index contributed by atoms with van der Waals surface area (Å²) in [6, 6.07) is 11.0. The molecule has 5 heteroatoms. The van der Waals surface area contributed by atoms with Gasteiger partial charge in [0.1, 0.15) is 0 Å². The number of hydrogen-bond acceptors (Lipinski definition) is 3. The highest BCUT2D eigenvalue weighted by molar-refractivity contribution is 5.77. The van der Waals surface area contributed by atoms with Gasteiger partial charge in [-0.3, -0.25) is 9.48 Å². The third-order valence-corrected chi connectivity index (χ3v) is 6.68. The molecule has 1 saturated heterocycles. The van der Waals surface area contributed by atoms with Crippen LogP contribution >= 0.6 is 0 Å². The Balaban J connectivity index is 1.38. The third kappa shape index (κ3) is 3.22. The summed E-state index contributed by atoms with van der Waals surface area (Å²) in [6.45, 7) is 8.51. The Kier molecular flexibility index (Phi) is 4.74. The fourth-order valence-electron chi connectivity index (χ4n) is 4.86. The lowest BCUT2D eigenvalue weighted by Gasteiger charge is -2.21. The van der Waals surface area contributed by atoms with Crippen LogP contribution in [0.2, 0.25) is 0 Å². The molecule has 1 saturated carbocycles. The van der Waals surface area contributed by atoms with Gasteiger partial charge in [-0.15, -0.1) is 0 Å². The first kappa shape index (κ1) is 18.7. The van der Waals surface area contributed by atoms with Crippen LogP contribution in [-0.4, -0.2) is 33.7 Å². The third-order valence-electron chi connectivity index (χ3n) is 6.68. The lowest BCUT2D eigenvalue weighted by molar-refractivity contribution is -0.130. The number of fused-ring (bicyclic) bond motifs is 1. The van der Waals surface area contributed by atoms with Crippen LogP contribution in [0, 0.1) is 38.0 Å². The van der Waals surface area contributed by atoms with Crippen molar-refractivity contribution in [2.24, 2.45) is 5.92 Å². The zero-order valence-corrected chi connectivity index (χ0v) is 17.0. The number of rotatable bonds is 6. The minimum Gasteiger partial charge on any atom is -0.341 e. The highest BCUT2D eigenvalue weighted by Crippen LogP contribution is 2.59. The van der Waals surface area contributed by atoms with Crippen LogP contribution in [0.5, 0.6) is 0 Å². The zero-order chi connectivity index (χ0) is 19.9. The van der Waals surface area contributed by atoms with Gasteiger partial charge in [-0.2, -0.15) is 10.4 Å². The molecule has 1 aliphatic heterocycles. The Morgan fingerprint density at radius 1 is 1.29 bits per heavy atom. The first-order valence-corrected chi connectivity index (χ1v) is 10.2. The molecule has 2 aromatic rings. The quantitative estimate of drug-likeness (QED) is 0.776. The lowest BCUT2D eigenvalue weighted by Crippen LogP contribution is -2.33. The van der Waals surface area contributed by atoms with Crippen molar-refractivity contribution in [1.29, 1.82) is 5.26 Å². The molecule has 0 unspecified atom stereocenters. The number of benzene rings is 1. The molecule has 1 aromatic carbocycles. The van der Waals surface area contributed by atoms with Gasteiger partial charge in [0, 0.05) is 30.6 Å². The van der Waals surface area contributed by atoms with Gasteiger partial charge in [-0.1, -0.05) is 29.8 Å². The predicted molar refractivity (Wildman–Crippen MR) is 108 cm³/mol. The first-order valence-electron chi connectivity index (χ1n) is 10.2. The Hall–Kier alpha value is -2.61. The highest BCUT2D eigenvalue weighted by atomic mass is 16.2. The molecule has 0 radical (unpaired) electrons. The summed E-state index contributed by atoms with van der Waals surface area (Å²) in [5, 5.41) is 13.3. The lowest BCUT2D eigenvalue weighted by atomic mass is 9.94. The molecule has 5 nitrogen and oxygen atoms in total. The first-order chi connectivity index (χ1) is 13.4. The number of amides is 1. The number of aromatic nitrogens is 2. The summed E-state index contributed by atoms with van der Waals surface area (Å²) in [6.07, 6.45) is 2.92. The summed E-state index contributed by atoms with van der Waals surface area (Å²) in [4.78, 5) is 14.9. The van der Waals surface area contributed by atoms with Crippen LogP contribution in [-0.2, 0) is 23.2 Å². The molecule has 146 valence electrons. The molecule has 1 aliphatic carbocycles. The van der Waals surface area contributed by atoms with Crippen LogP contribution in [0.3, 0.4) is 0 Å². The van der Waals surface area contributed by atoms with Gasteiger partial charge in [-0.05, 0) is 50.7 Å². The minimum atomic E-state index is 0.206. The van der Waals surface area contributed by atoms with E-state index < -0.39 is 0 Å². The average molecular weight is 377 g/mol. The number of piperidine rings is 1. The SMILES string of the molecule is Cc1ccc([C@]23C[C@H]2CN(C(=O)CCc2c(C)nn(CCC#N)c2C)C3)cc1. The Morgan fingerprint density at radius 2 is 2.04 bits per heavy atom.